The molecule has 5 aliphatic rings. The highest BCUT2D eigenvalue weighted by atomic mass is 32.1. The fourth-order valence-electron chi connectivity index (χ4n) is 11.2. The number of esters is 1. The number of oxime groups is 1. The van der Waals surface area contributed by atoms with Gasteiger partial charge in [-0.05, 0) is 128 Å². The third-order valence-electron chi connectivity index (χ3n) is 14.1. The molecule has 0 bridgehead atoms. The largest absolute Gasteiger partial charge is 0.466 e. The first-order valence-corrected chi connectivity index (χ1v) is 17.7. The van der Waals surface area contributed by atoms with Gasteiger partial charge in [0.2, 0.25) is 0 Å². The monoisotopic (exact) mass is 607 g/mol. The lowest BCUT2D eigenvalue weighted by Gasteiger charge is -2.70. The molecule has 236 valence electrons. The van der Waals surface area contributed by atoms with Crippen LogP contribution in [0.1, 0.15) is 119 Å². The first-order chi connectivity index (χ1) is 20.1. The molecule has 6 rings (SSSR count). The van der Waals surface area contributed by atoms with E-state index in [9.17, 15) is 9.59 Å². The number of hydrogen-bond acceptors (Lipinski definition) is 6. The molecule has 0 N–H and O–H groups in total. The summed E-state index contributed by atoms with van der Waals surface area (Å²) in [4.78, 5) is 33.7. The smallest absolute Gasteiger partial charge is 0.311 e. The lowest BCUT2D eigenvalue weighted by atomic mass is 9.33. The Kier molecular flexibility index (Phi) is 7.43. The van der Waals surface area contributed by atoms with Crippen LogP contribution in [0, 0.1) is 50.2 Å². The second-order valence-corrected chi connectivity index (χ2v) is 17.4. The second kappa shape index (κ2) is 10.3. The molecule has 0 aliphatic heterocycles. The Morgan fingerprint density at radius 1 is 1.02 bits per heavy atom. The molecule has 0 aromatic carbocycles. The van der Waals surface area contributed by atoms with E-state index in [1.807, 2.05) is 6.92 Å². The van der Waals surface area contributed by atoms with Crippen LogP contribution in [0.2, 0.25) is 0 Å². The normalized spacial score (nSPS) is 44.4. The number of allylic oxidation sites excluding steroid dienone is 2. The Hall–Kier alpha value is -1.95. The minimum atomic E-state index is -0.488. The van der Waals surface area contributed by atoms with E-state index in [4.69, 9.17) is 14.7 Å². The van der Waals surface area contributed by atoms with Crippen molar-refractivity contribution in [3.63, 3.8) is 0 Å². The summed E-state index contributed by atoms with van der Waals surface area (Å²) in [7, 11) is 0. The summed E-state index contributed by atoms with van der Waals surface area (Å²) in [6, 6.07) is 2.09. The molecule has 0 saturated heterocycles. The van der Waals surface area contributed by atoms with Crippen LogP contribution in [0.25, 0.3) is 0 Å². The maximum absolute atomic E-state index is 14.6. The molecule has 1 aromatic heterocycles. The molecule has 5 nitrogen and oxygen atoms in total. The molecule has 4 saturated carbocycles. The zero-order valence-electron chi connectivity index (χ0n) is 27.8. The van der Waals surface area contributed by atoms with E-state index in [1.54, 1.807) is 11.3 Å². The highest BCUT2D eigenvalue weighted by molar-refractivity contribution is 7.07. The first kappa shape index (κ1) is 31.0. The van der Waals surface area contributed by atoms with E-state index in [1.165, 1.54) is 5.57 Å². The van der Waals surface area contributed by atoms with Crippen molar-refractivity contribution in [1.82, 2.24) is 0 Å². The topological polar surface area (TPSA) is 65.0 Å². The van der Waals surface area contributed by atoms with Crippen LogP contribution in [0.3, 0.4) is 0 Å². The average Bonchev–Trinajstić information content (AvgIpc) is 3.46. The molecule has 4 fully saturated rings. The average molecular weight is 608 g/mol. The fraction of sp³-hybridized carbons (Fsp3) is 0.757. The molecule has 1 heterocycles. The summed E-state index contributed by atoms with van der Waals surface area (Å²) in [6.07, 6.45) is 11.0. The van der Waals surface area contributed by atoms with Gasteiger partial charge < -0.3 is 9.57 Å². The maximum Gasteiger partial charge on any atom is 0.311 e. The van der Waals surface area contributed by atoms with Crippen molar-refractivity contribution < 1.29 is 19.2 Å². The van der Waals surface area contributed by atoms with Gasteiger partial charge in [-0.15, -0.1) is 0 Å². The fourth-order valence-corrected chi connectivity index (χ4v) is 11.9. The molecule has 0 amide bonds. The van der Waals surface area contributed by atoms with Crippen molar-refractivity contribution in [1.29, 1.82) is 0 Å². The zero-order valence-corrected chi connectivity index (χ0v) is 28.6. The van der Waals surface area contributed by atoms with Gasteiger partial charge in [-0.2, -0.15) is 11.3 Å². The minimum absolute atomic E-state index is 0.00978. The van der Waals surface area contributed by atoms with Gasteiger partial charge in [0.1, 0.15) is 6.61 Å². The summed E-state index contributed by atoms with van der Waals surface area (Å²) in [5, 5.41) is 8.92. The Balaban J connectivity index is 1.33. The Bertz CT molecular complexity index is 1350. The number of hydrogen-bond donors (Lipinski definition) is 0. The molecule has 0 radical (unpaired) electrons. The second-order valence-electron chi connectivity index (χ2n) is 16.6. The van der Waals surface area contributed by atoms with Gasteiger partial charge in [0.15, 0.2) is 5.78 Å². The number of ketones is 1. The lowest BCUT2D eigenvalue weighted by Crippen LogP contribution is -2.66. The number of rotatable bonds is 5. The molecule has 0 spiro atoms. The number of fused-ring (bicyclic) bond motifs is 7. The van der Waals surface area contributed by atoms with Crippen molar-refractivity contribution in [2.24, 2.45) is 55.4 Å². The molecule has 5 aliphatic carbocycles. The van der Waals surface area contributed by atoms with Gasteiger partial charge in [-0.25, -0.2) is 0 Å². The van der Waals surface area contributed by atoms with Gasteiger partial charge in [0.25, 0.3) is 0 Å². The standard InChI is InChI=1S/C37H53NO4S/c1-9-41-31(40)34(5)16-15-33(4)17-18-36(7)25(26(33)21-34)20-27(39)30-35(6)13-11-29(38-42-22-24-12-19-43-23-24)32(2,3)28(35)10-14-37(30,36)8/h12,19-20,23,26,28,30H,9-11,13-18,21-22H2,1-8H3/b38-29+/t26-,28-,30+,33+,34-,35-,36+,37+/m0/s1. The van der Waals surface area contributed by atoms with Crippen LogP contribution in [-0.4, -0.2) is 24.1 Å². The Morgan fingerprint density at radius 3 is 2.47 bits per heavy atom. The number of carbonyl (C=O) groups excluding carboxylic acids is 2. The predicted octanol–water partition coefficient (Wildman–Crippen LogP) is 9.16. The molecule has 0 unspecified atom stereocenters. The number of carbonyl (C=O) groups is 2. The van der Waals surface area contributed by atoms with Crippen LogP contribution in [0.4, 0.5) is 0 Å². The first-order valence-electron chi connectivity index (χ1n) is 16.8. The predicted molar refractivity (Wildman–Crippen MR) is 173 cm³/mol. The van der Waals surface area contributed by atoms with Crippen molar-refractivity contribution in [2.45, 2.75) is 120 Å². The molecular weight excluding hydrogens is 554 g/mol. The summed E-state index contributed by atoms with van der Waals surface area (Å²) < 4.78 is 5.59. The minimum Gasteiger partial charge on any atom is -0.466 e. The Labute approximate surface area is 263 Å². The van der Waals surface area contributed by atoms with Crippen LogP contribution in [0.15, 0.2) is 33.6 Å². The van der Waals surface area contributed by atoms with Gasteiger partial charge in [-0.1, -0.05) is 52.3 Å². The SMILES string of the molecule is CCOC(=O)[C@@]1(C)CC[C@]2(C)CC[C@]3(C)C(=CC(=O)[C@@H]4[C@@]5(C)CC/C(=N\OCc6ccsc6)C(C)(C)[C@@H]5CC[C@]43C)[C@@H]2C1. The van der Waals surface area contributed by atoms with Crippen molar-refractivity contribution >= 4 is 28.8 Å². The van der Waals surface area contributed by atoms with Crippen molar-refractivity contribution in [2.75, 3.05) is 6.61 Å². The van der Waals surface area contributed by atoms with E-state index >= 15 is 0 Å². The molecule has 8 atom stereocenters. The summed E-state index contributed by atoms with van der Waals surface area (Å²) in [5.41, 5.74) is 2.89. The van der Waals surface area contributed by atoms with Gasteiger partial charge >= 0.3 is 5.97 Å². The molecule has 6 heteroatoms. The third kappa shape index (κ3) is 4.46. The van der Waals surface area contributed by atoms with Crippen LogP contribution in [0.5, 0.6) is 0 Å². The number of thiophene rings is 1. The molecule has 43 heavy (non-hydrogen) atoms. The van der Waals surface area contributed by atoms with E-state index in [0.717, 1.165) is 69.1 Å². The quantitative estimate of drug-likeness (QED) is 0.247. The molecular formula is C37H53NO4S. The van der Waals surface area contributed by atoms with Crippen molar-refractivity contribution in [3.8, 4) is 0 Å². The van der Waals surface area contributed by atoms with E-state index < -0.39 is 5.41 Å². The van der Waals surface area contributed by atoms with Gasteiger partial charge in [0, 0.05) is 16.9 Å². The summed E-state index contributed by atoms with van der Waals surface area (Å²) in [5.74, 6) is 0.867. The van der Waals surface area contributed by atoms with E-state index in [-0.39, 0.29) is 44.9 Å². The maximum atomic E-state index is 14.6. The van der Waals surface area contributed by atoms with Crippen LogP contribution < -0.4 is 0 Å². The van der Waals surface area contributed by atoms with E-state index in [2.05, 4.69) is 71.4 Å². The zero-order chi connectivity index (χ0) is 31.1. The van der Waals surface area contributed by atoms with E-state index in [0.29, 0.717) is 24.9 Å². The lowest BCUT2D eigenvalue weighted by molar-refractivity contribution is -0.177. The highest BCUT2D eigenvalue weighted by Gasteiger charge is 2.70. The number of nitrogens with zero attached hydrogens (tertiary/aromatic N) is 1. The Morgan fingerprint density at radius 2 is 1.77 bits per heavy atom. The van der Waals surface area contributed by atoms with Crippen LogP contribution in [-0.2, 0) is 25.8 Å². The van der Waals surface area contributed by atoms with Crippen molar-refractivity contribution in [3.05, 3.63) is 34.0 Å². The van der Waals surface area contributed by atoms with Gasteiger partial charge in [-0.3, -0.25) is 9.59 Å². The van der Waals surface area contributed by atoms with Crippen LogP contribution >= 0.6 is 11.3 Å². The highest BCUT2D eigenvalue weighted by Crippen LogP contribution is 2.75. The summed E-state index contributed by atoms with van der Waals surface area (Å²) in [6.45, 7) is 19.4. The summed E-state index contributed by atoms with van der Waals surface area (Å²) >= 11 is 1.68. The molecule has 1 aromatic rings. The van der Waals surface area contributed by atoms with Gasteiger partial charge in [0.05, 0.1) is 17.7 Å². The third-order valence-corrected chi connectivity index (χ3v) is 14.8. The number of ether oxygens (including phenoxy) is 1.